The average molecular weight is 837 g/mol. The molecule has 10 heteroatoms. The molecule has 0 saturated heterocycles. The van der Waals surface area contributed by atoms with Gasteiger partial charge >= 0.3 is 0 Å². The van der Waals surface area contributed by atoms with Gasteiger partial charge in [0.2, 0.25) is 11.6 Å². The molecule has 6 nitrogen and oxygen atoms in total. The normalized spacial score (nSPS) is 11.5. The highest BCUT2D eigenvalue weighted by molar-refractivity contribution is 7.99. The number of aromatic nitrogens is 2. The third kappa shape index (κ3) is 18.1. The Balaban J connectivity index is 0.000000300. The molecule has 4 heterocycles. The van der Waals surface area contributed by atoms with Gasteiger partial charge in [-0.25, -0.2) is 9.97 Å². The third-order valence-corrected chi connectivity index (χ3v) is 13.3. The van der Waals surface area contributed by atoms with E-state index in [4.69, 9.17) is 9.97 Å². The number of nitrogens with zero attached hydrogens (tertiary/aromatic N) is 4. The van der Waals surface area contributed by atoms with Crippen LogP contribution in [-0.2, 0) is 0 Å². The largest absolute Gasteiger partial charge is 0.309 e. The molecule has 0 radical (unpaired) electrons. The van der Waals surface area contributed by atoms with E-state index in [-0.39, 0.29) is 11.6 Å². The van der Waals surface area contributed by atoms with Gasteiger partial charge in [-0.15, -0.1) is 46.2 Å². The van der Waals surface area contributed by atoms with Crippen molar-refractivity contribution in [2.75, 3.05) is 52.8 Å². The molecule has 4 aromatic rings. The predicted octanol–water partition coefficient (Wildman–Crippen LogP) is 13.0. The number of hydrogen-bond donors (Lipinski definition) is 0. The molecule has 4 aromatic heterocycles. The zero-order valence-electron chi connectivity index (χ0n) is 35.5. The molecule has 0 bridgehead atoms. The van der Waals surface area contributed by atoms with E-state index in [1.807, 2.05) is 59.3 Å². The van der Waals surface area contributed by atoms with Crippen LogP contribution < -0.4 is 0 Å². The van der Waals surface area contributed by atoms with Gasteiger partial charge < -0.3 is 9.80 Å². The van der Waals surface area contributed by atoms with Crippen LogP contribution in [0.15, 0.2) is 69.3 Å². The van der Waals surface area contributed by atoms with Crippen molar-refractivity contribution in [3.8, 4) is 0 Å². The number of carbonyl (C=O) groups excluding carboxylic acids is 2. The zero-order valence-corrected chi connectivity index (χ0v) is 38.7. The molecule has 0 spiro atoms. The fourth-order valence-electron chi connectivity index (χ4n) is 6.01. The van der Waals surface area contributed by atoms with Crippen LogP contribution in [0.3, 0.4) is 0 Å². The summed E-state index contributed by atoms with van der Waals surface area (Å²) in [4.78, 5) is 41.4. The molecule has 308 valence electrons. The third-order valence-electron chi connectivity index (χ3n) is 9.40. The van der Waals surface area contributed by atoms with Crippen molar-refractivity contribution in [2.45, 2.75) is 127 Å². The Hall–Kier alpha value is -2.34. The first-order valence-corrected chi connectivity index (χ1v) is 24.4. The van der Waals surface area contributed by atoms with Crippen molar-refractivity contribution in [3.05, 3.63) is 91.6 Å². The molecule has 0 fully saturated rings. The van der Waals surface area contributed by atoms with E-state index in [0.29, 0.717) is 11.8 Å². The molecular weight excluding hydrogens is 769 g/mol. The number of thioether (sulfide) groups is 2. The summed E-state index contributed by atoms with van der Waals surface area (Å²) >= 11 is 6.48. The minimum absolute atomic E-state index is 0.0983. The van der Waals surface area contributed by atoms with Crippen molar-refractivity contribution >= 4 is 57.8 Å². The summed E-state index contributed by atoms with van der Waals surface area (Å²) in [6, 6.07) is 15.6. The monoisotopic (exact) mass is 836 g/mol. The molecule has 0 aliphatic rings. The van der Waals surface area contributed by atoms with Gasteiger partial charge in [0.05, 0.1) is 20.9 Å². The first-order valence-electron chi connectivity index (χ1n) is 20.7. The predicted molar refractivity (Wildman–Crippen MR) is 246 cm³/mol. The molecule has 4 rings (SSSR count). The Morgan fingerprint density at radius 3 is 1.21 bits per heavy atom. The topological polar surface area (TPSA) is 66.4 Å². The molecule has 0 amide bonds. The maximum absolute atomic E-state index is 12.8. The van der Waals surface area contributed by atoms with Crippen molar-refractivity contribution < 1.29 is 9.59 Å². The van der Waals surface area contributed by atoms with Crippen LogP contribution >= 0.6 is 46.2 Å². The van der Waals surface area contributed by atoms with Gasteiger partial charge in [0.1, 0.15) is 10.1 Å². The fraction of sp³-hybridized carbons (Fsp3) is 0.565. The number of unbranched alkanes of at least 4 members (excludes halogenated alkanes) is 10. The summed E-state index contributed by atoms with van der Waals surface area (Å²) in [5.41, 5.74) is 3.62. The van der Waals surface area contributed by atoms with Crippen LogP contribution in [0.5, 0.6) is 0 Å². The first kappa shape index (κ1) is 48.0. The second kappa shape index (κ2) is 27.4. The Kier molecular flexibility index (Phi) is 23.5. The molecule has 0 N–H and O–H groups in total. The van der Waals surface area contributed by atoms with Gasteiger partial charge in [-0.3, -0.25) is 9.59 Å². The van der Waals surface area contributed by atoms with Crippen molar-refractivity contribution in [1.82, 2.24) is 19.8 Å². The Morgan fingerprint density at radius 1 is 0.536 bits per heavy atom. The smallest absolute Gasteiger partial charge is 0.205 e. The minimum atomic E-state index is 0.0983. The second-order valence-electron chi connectivity index (χ2n) is 15.6. The lowest BCUT2D eigenvalue weighted by Gasteiger charge is -2.11. The highest BCUT2D eigenvalue weighted by Gasteiger charge is 2.19. The van der Waals surface area contributed by atoms with Gasteiger partial charge in [-0.2, -0.15) is 0 Å². The van der Waals surface area contributed by atoms with E-state index in [9.17, 15) is 9.59 Å². The summed E-state index contributed by atoms with van der Waals surface area (Å²) in [5, 5.41) is 5.70. The summed E-state index contributed by atoms with van der Waals surface area (Å²) in [5.74, 6) is 2.98. The molecule has 0 aliphatic heterocycles. The van der Waals surface area contributed by atoms with E-state index in [2.05, 4.69) is 65.7 Å². The fourth-order valence-corrected chi connectivity index (χ4v) is 9.42. The van der Waals surface area contributed by atoms with Crippen LogP contribution in [0.1, 0.15) is 158 Å². The summed E-state index contributed by atoms with van der Waals surface area (Å²) in [6.07, 6.45) is 15.3. The zero-order chi connectivity index (χ0) is 40.7. The summed E-state index contributed by atoms with van der Waals surface area (Å²) in [7, 11) is 8.54. The Labute approximate surface area is 356 Å². The first-order chi connectivity index (χ1) is 27.0. The average Bonchev–Trinajstić information content (AvgIpc) is 3.92. The van der Waals surface area contributed by atoms with Crippen LogP contribution in [-0.4, -0.2) is 84.1 Å². The maximum atomic E-state index is 12.8. The van der Waals surface area contributed by atoms with Gasteiger partial charge in [0.15, 0.2) is 0 Å². The molecular formula is C46H68N4O2S4. The van der Waals surface area contributed by atoms with Crippen LogP contribution in [0.2, 0.25) is 0 Å². The minimum Gasteiger partial charge on any atom is -0.309 e. The number of pyridine rings is 2. The van der Waals surface area contributed by atoms with Crippen molar-refractivity contribution in [1.29, 1.82) is 0 Å². The Morgan fingerprint density at radius 2 is 0.893 bits per heavy atom. The molecule has 0 unspecified atom stereocenters. The molecule has 56 heavy (non-hydrogen) atoms. The lowest BCUT2D eigenvalue weighted by molar-refractivity contribution is 0.103. The second-order valence-corrected chi connectivity index (χ2v) is 19.7. The lowest BCUT2D eigenvalue weighted by atomic mass is 10.1. The van der Waals surface area contributed by atoms with Crippen LogP contribution in [0.25, 0.3) is 0 Å². The van der Waals surface area contributed by atoms with Gasteiger partial charge in [0.25, 0.3) is 0 Å². The Bertz CT molecular complexity index is 1550. The van der Waals surface area contributed by atoms with Crippen LogP contribution in [0.4, 0.5) is 0 Å². The SMILES string of the molecule is CC(C)c1ccc(C(=O)c2cccs2)c(SCCCCCCCCN(C)C)n1.CC(C)c1ccc(C(=O)c2cccs2)c(SCCCCCCCCN(C)C)n1. The lowest BCUT2D eigenvalue weighted by Crippen LogP contribution is -2.12. The quantitative estimate of drug-likeness (QED) is 0.0352. The van der Waals surface area contributed by atoms with E-state index in [0.717, 1.165) is 53.8 Å². The van der Waals surface area contributed by atoms with E-state index in [1.54, 1.807) is 23.5 Å². The van der Waals surface area contributed by atoms with Crippen LogP contribution in [0, 0.1) is 0 Å². The summed E-state index contributed by atoms with van der Waals surface area (Å²) < 4.78 is 0. The van der Waals surface area contributed by atoms with Gasteiger partial charge in [0, 0.05) is 11.4 Å². The number of carbonyl (C=O) groups is 2. The van der Waals surface area contributed by atoms with E-state index in [1.165, 1.54) is 113 Å². The number of hydrogen-bond acceptors (Lipinski definition) is 10. The molecule has 0 saturated carbocycles. The van der Waals surface area contributed by atoms with Crippen molar-refractivity contribution in [2.24, 2.45) is 0 Å². The highest BCUT2D eigenvalue weighted by Crippen LogP contribution is 2.29. The van der Waals surface area contributed by atoms with Gasteiger partial charge in [-0.05, 0) is 137 Å². The molecule has 0 aromatic carbocycles. The van der Waals surface area contributed by atoms with Gasteiger partial charge in [-0.1, -0.05) is 91.2 Å². The molecule has 0 aliphatic carbocycles. The summed E-state index contributed by atoms with van der Waals surface area (Å²) in [6.45, 7) is 11.0. The standard InChI is InChI=1S/2C23H34N2OS2/c2*1-18(2)20-14-13-19(22(26)21-12-11-17-27-21)23(24-20)28-16-10-8-6-5-7-9-15-25(3)4/h2*11-14,17-18H,5-10,15-16H2,1-4H3. The number of ketones is 2. The van der Waals surface area contributed by atoms with E-state index >= 15 is 0 Å². The highest BCUT2D eigenvalue weighted by atomic mass is 32.2. The number of thiophene rings is 2. The van der Waals surface area contributed by atoms with E-state index < -0.39 is 0 Å². The molecule has 0 atom stereocenters. The maximum Gasteiger partial charge on any atom is 0.205 e. The number of rotatable bonds is 26. The van der Waals surface area contributed by atoms with Crippen molar-refractivity contribution in [3.63, 3.8) is 0 Å².